The normalized spacial score (nSPS) is 11.9. The molecule has 0 saturated heterocycles. The lowest BCUT2D eigenvalue weighted by Gasteiger charge is -2.06. The van der Waals surface area contributed by atoms with Crippen LogP contribution < -0.4 is 11.1 Å². The summed E-state index contributed by atoms with van der Waals surface area (Å²) < 4.78 is 0. The molecule has 0 aliphatic carbocycles. The molecule has 1 amide bonds. The smallest absolute Gasteiger partial charge is 0.292 e. The molecule has 1 aromatic carbocycles. The van der Waals surface area contributed by atoms with E-state index >= 15 is 0 Å². The zero-order chi connectivity index (χ0) is 13.5. The Morgan fingerprint density at radius 3 is 2.78 bits per heavy atom. The summed E-state index contributed by atoms with van der Waals surface area (Å²) in [5, 5.41) is 13.3. The fraction of sp³-hybridized carbons (Fsp3) is 0.417. The van der Waals surface area contributed by atoms with E-state index in [1.807, 2.05) is 6.92 Å². The Labute approximate surface area is 105 Å². The number of carbonyl (C=O) groups excluding carboxylic acids is 1. The van der Waals surface area contributed by atoms with E-state index in [2.05, 4.69) is 5.32 Å². The van der Waals surface area contributed by atoms with Crippen molar-refractivity contribution >= 4 is 17.3 Å². The molecule has 0 aromatic heterocycles. The summed E-state index contributed by atoms with van der Waals surface area (Å²) >= 11 is 0. The molecule has 1 rings (SSSR count). The lowest BCUT2D eigenvalue weighted by molar-refractivity contribution is -0.383. The topological polar surface area (TPSA) is 98.3 Å². The molecule has 3 N–H and O–H groups in total. The van der Waals surface area contributed by atoms with Gasteiger partial charge >= 0.3 is 0 Å². The molecular weight excluding hydrogens is 234 g/mol. The number of anilines is 1. The number of hydrogen-bond acceptors (Lipinski definition) is 4. The maximum atomic E-state index is 11.6. The third-order valence-corrected chi connectivity index (χ3v) is 2.44. The van der Waals surface area contributed by atoms with Gasteiger partial charge < -0.3 is 11.1 Å². The number of nitrogens with two attached hydrogens (primary N) is 1. The van der Waals surface area contributed by atoms with Crippen LogP contribution in [0.3, 0.4) is 0 Å². The van der Waals surface area contributed by atoms with Gasteiger partial charge in [0.25, 0.3) is 5.69 Å². The average Bonchev–Trinajstić information content (AvgIpc) is 2.28. The van der Waals surface area contributed by atoms with Crippen molar-refractivity contribution in [2.45, 2.75) is 32.2 Å². The van der Waals surface area contributed by atoms with E-state index in [0.717, 1.165) is 6.42 Å². The van der Waals surface area contributed by atoms with E-state index in [1.165, 1.54) is 12.1 Å². The van der Waals surface area contributed by atoms with Gasteiger partial charge in [0.15, 0.2) is 0 Å². The Hall–Kier alpha value is -1.95. The maximum absolute atomic E-state index is 11.6. The highest BCUT2D eigenvalue weighted by atomic mass is 16.6. The Kier molecular flexibility index (Phi) is 5.26. The Bertz CT molecular complexity index is 432. The van der Waals surface area contributed by atoms with Crippen molar-refractivity contribution in [1.29, 1.82) is 0 Å². The second-order valence-electron chi connectivity index (χ2n) is 4.19. The van der Waals surface area contributed by atoms with Crippen LogP contribution in [0.25, 0.3) is 0 Å². The van der Waals surface area contributed by atoms with Gasteiger partial charge in [-0.15, -0.1) is 0 Å². The average molecular weight is 251 g/mol. The van der Waals surface area contributed by atoms with Crippen molar-refractivity contribution in [3.63, 3.8) is 0 Å². The predicted molar refractivity (Wildman–Crippen MR) is 69.2 cm³/mol. The van der Waals surface area contributed by atoms with Crippen LogP contribution in [0.15, 0.2) is 24.3 Å². The van der Waals surface area contributed by atoms with Crippen molar-refractivity contribution in [2.24, 2.45) is 5.73 Å². The zero-order valence-corrected chi connectivity index (χ0v) is 10.3. The first-order chi connectivity index (χ1) is 8.50. The van der Waals surface area contributed by atoms with Gasteiger partial charge in [-0.1, -0.05) is 12.1 Å². The molecular formula is C12H17N3O3. The summed E-state index contributed by atoms with van der Waals surface area (Å²) in [5.41, 5.74) is 5.70. The number of hydrogen-bond donors (Lipinski definition) is 2. The number of para-hydroxylation sites is 2. The number of nitrogens with zero attached hydrogens (tertiary/aromatic N) is 1. The molecule has 0 aliphatic heterocycles. The van der Waals surface area contributed by atoms with E-state index in [-0.39, 0.29) is 23.3 Å². The lowest BCUT2D eigenvalue weighted by Crippen LogP contribution is -2.17. The summed E-state index contributed by atoms with van der Waals surface area (Å²) in [6.45, 7) is 1.87. The second kappa shape index (κ2) is 6.70. The predicted octanol–water partition coefficient (Wildman–Crippen LogP) is 2.05. The van der Waals surface area contributed by atoms with Crippen LogP contribution in [0.5, 0.6) is 0 Å². The van der Waals surface area contributed by atoms with E-state index < -0.39 is 4.92 Å². The van der Waals surface area contributed by atoms with Gasteiger partial charge in [0, 0.05) is 18.5 Å². The Balaban J connectivity index is 2.56. The van der Waals surface area contributed by atoms with Crippen LogP contribution in [-0.2, 0) is 4.79 Å². The fourth-order valence-electron chi connectivity index (χ4n) is 1.54. The van der Waals surface area contributed by atoms with Crippen molar-refractivity contribution in [1.82, 2.24) is 0 Å². The molecule has 0 aliphatic rings. The molecule has 6 heteroatoms. The Morgan fingerprint density at radius 2 is 2.17 bits per heavy atom. The third kappa shape index (κ3) is 4.50. The molecule has 18 heavy (non-hydrogen) atoms. The zero-order valence-electron chi connectivity index (χ0n) is 10.3. The van der Waals surface area contributed by atoms with Crippen molar-refractivity contribution in [3.05, 3.63) is 34.4 Å². The van der Waals surface area contributed by atoms with E-state index in [9.17, 15) is 14.9 Å². The van der Waals surface area contributed by atoms with Crippen LogP contribution in [0, 0.1) is 10.1 Å². The van der Waals surface area contributed by atoms with Crippen LogP contribution >= 0.6 is 0 Å². The summed E-state index contributed by atoms with van der Waals surface area (Å²) in [5.74, 6) is -0.232. The van der Waals surface area contributed by atoms with Gasteiger partial charge in [0.1, 0.15) is 5.69 Å². The highest BCUT2D eigenvalue weighted by molar-refractivity contribution is 5.92. The number of rotatable bonds is 6. The number of nitro groups is 1. The van der Waals surface area contributed by atoms with Gasteiger partial charge in [-0.2, -0.15) is 0 Å². The summed E-state index contributed by atoms with van der Waals surface area (Å²) in [6.07, 6.45) is 1.74. The monoisotopic (exact) mass is 251 g/mol. The quantitative estimate of drug-likeness (QED) is 0.597. The first-order valence-corrected chi connectivity index (χ1v) is 5.79. The molecule has 0 bridgehead atoms. The Morgan fingerprint density at radius 1 is 1.50 bits per heavy atom. The van der Waals surface area contributed by atoms with Gasteiger partial charge in [-0.3, -0.25) is 14.9 Å². The van der Waals surface area contributed by atoms with E-state index in [1.54, 1.807) is 12.1 Å². The molecule has 6 nitrogen and oxygen atoms in total. The molecule has 1 atom stereocenters. The molecule has 0 radical (unpaired) electrons. The van der Waals surface area contributed by atoms with Crippen molar-refractivity contribution in [3.8, 4) is 0 Å². The lowest BCUT2D eigenvalue weighted by atomic mass is 10.1. The molecule has 1 unspecified atom stereocenters. The summed E-state index contributed by atoms with van der Waals surface area (Å²) in [4.78, 5) is 21.8. The molecule has 1 aromatic rings. The number of nitro benzene ring substituents is 1. The highest BCUT2D eigenvalue weighted by Gasteiger charge is 2.14. The van der Waals surface area contributed by atoms with Crippen molar-refractivity contribution in [2.75, 3.05) is 5.32 Å². The minimum atomic E-state index is -0.516. The third-order valence-electron chi connectivity index (χ3n) is 2.44. The molecule has 0 fully saturated rings. The molecule has 98 valence electrons. The minimum Gasteiger partial charge on any atom is -0.328 e. The summed E-state index contributed by atoms with van der Waals surface area (Å²) in [7, 11) is 0. The SMILES string of the molecule is CC(N)CCCC(=O)Nc1ccccc1[N+](=O)[O-]. The maximum Gasteiger partial charge on any atom is 0.292 e. The largest absolute Gasteiger partial charge is 0.328 e. The van der Waals surface area contributed by atoms with Crippen molar-refractivity contribution < 1.29 is 9.72 Å². The van der Waals surface area contributed by atoms with Gasteiger partial charge in [-0.25, -0.2) is 0 Å². The van der Waals surface area contributed by atoms with E-state index in [4.69, 9.17) is 5.73 Å². The fourth-order valence-corrected chi connectivity index (χ4v) is 1.54. The van der Waals surface area contributed by atoms with Crippen LogP contribution in [0.1, 0.15) is 26.2 Å². The number of amides is 1. The molecule has 0 heterocycles. The second-order valence-corrected chi connectivity index (χ2v) is 4.19. The van der Waals surface area contributed by atoms with Gasteiger partial charge in [0.2, 0.25) is 5.91 Å². The first-order valence-electron chi connectivity index (χ1n) is 5.79. The summed E-state index contributed by atoms with van der Waals surface area (Å²) in [6, 6.07) is 6.14. The van der Waals surface area contributed by atoms with Crippen LogP contribution in [0.4, 0.5) is 11.4 Å². The number of benzene rings is 1. The highest BCUT2D eigenvalue weighted by Crippen LogP contribution is 2.23. The van der Waals surface area contributed by atoms with Crippen LogP contribution in [-0.4, -0.2) is 16.9 Å². The van der Waals surface area contributed by atoms with E-state index in [0.29, 0.717) is 12.8 Å². The van der Waals surface area contributed by atoms with Gasteiger partial charge in [0.05, 0.1) is 4.92 Å². The van der Waals surface area contributed by atoms with Crippen LogP contribution in [0.2, 0.25) is 0 Å². The molecule has 0 saturated carbocycles. The standard InChI is InChI=1S/C12H17N3O3/c1-9(13)5-4-8-12(16)14-10-6-2-3-7-11(10)15(17)18/h2-3,6-7,9H,4-5,8,13H2,1H3,(H,14,16). The minimum absolute atomic E-state index is 0.0591. The van der Waals surface area contributed by atoms with Gasteiger partial charge in [-0.05, 0) is 25.8 Å². The first kappa shape index (κ1) is 14.1. The number of nitrogens with one attached hydrogen (secondary N) is 1. The number of carbonyl (C=O) groups is 1. The molecule has 0 spiro atoms.